The van der Waals surface area contributed by atoms with Crippen LogP contribution in [0.25, 0.3) is 0 Å². The minimum atomic E-state index is -0.0694. The minimum Gasteiger partial charge on any atom is -0.397 e. The van der Waals surface area contributed by atoms with E-state index in [2.05, 4.69) is 12.1 Å². The molecule has 1 aromatic rings. The van der Waals surface area contributed by atoms with Gasteiger partial charge in [-0.05, 0) is 32.0 Å². The van der Waals surface area contributed by atoms with Gasteiger partial charge in [0, 0.05) is 13.1 Å². The topological polar surface area (TPSA) is 76.8 Å². The van der Waals surface area contributed by atoms with E-state index in [9.17, 15) is 0 Å². The predicted octanol–water partition coefficient (Wildman–Crippen LogP) is 2.13. The molecule has 0 heterocycles. The van der Waals surface area contributed by atoms with Gasteiger partial charge in [0.25, 0.3) is 0 Å². The van der Waals surface area contributed by atoms with Crippen LogP contribution >= 0.6 is 0 Å². The standard InChI is InChI=1S/C13H16N4/c1-3-17(9-10(2)7-14)13-6-11(8-15)4-5-12(13)16/h4-6,10H,3,9,16H2,1-2H3. The van der Waals surface area contributed by atoms with Crippen LogP contribution in [-0.2, 0) is 0 Å². The smallest absolute Gasteiger partial charge is 0.0992 e. The van der Waals surface area contributed by atoms with Gasteiger partial charge in [0.05, 0.1) is 35.0 Å². The van der Waals surface area contributed by atoms with Crippen LogP contribution in [0.3, 0.4) is 0 Å². The largest absolute Gasteiger partial charge is 0.397 e. The molecule has 0 bridgehead atoms. The number of nitrogens with two attached hydrogens (primary N) is 1. The second-order valence-electron chi connectivity index (χ2n) is 3.95. The van der Waals surface area contributed by atoms with Crippen molar-refractivity contribution in [2.45, 2.75) is 13.8 Å². The van der Waals surface area contributed by atoms with Crippen LogP contribution in [0, 0.1) is 28.6 Å². The Morgan fingerprint density at radius 1 is 1.41 bits per heavy atom. The zero-order chi connectivity index (χ0) is 12.8. The summed E-state index contributed by atoms with van der Waals surface area (Å²) in [5.41, 5.74) is 7.95. The summed E-state index contributed by atoms with van der Waals surface area (Å²) in [5.74, 6) is -0.0694. The van der Waals surface area contributed by atoms with E-state index in [1.165, 1.54) is 0 Å². The molecule has 88 valence electrons. The van der Waals surface area contributed by atoms with Crippen molar-refractivity contribution in [1.82, 2.24) is 0 Å². The molecule has 2 N–H and O–H groups in total. The molecule has 17 heavy (non-hydrogen) atoms. The van der Waals surface area contributed by atoms with Gasteiger partial charge in [-0.25, -0.2) is 0 Å². The normalized spacial score (nSPS) is 11.3. The van der Waals surface area contributed by atoms with Crippen LogP contribution in [0.2, 0.25) is 0 Å². The monoisotopic (exact) mass is 228 g/mol. The third kappa shape index (κ3) is 3.12. The lowest BCUT2D eigenvalue weighted by Gasteiger charge is -2.25. The van der Waals surface area contributed by atoms with Crippen molar-refractivity contribution in [3.8, 4) is 12.1 Å². The Hall–Kier alpha value is -2.20. The van der Waals surface area contributed by atoms with Gasteiger partial charge in [-0.1, -0.05) is 0 Å². The molecule has 0 spiro atoms. The van der Waals surface area contributed by atoms with Crippen molar-refractivity contribution >= 4 is 11.4 Å². The van der Waals surface area contributed by atoms with Crippen molar-refractivity contribution in [2.75, 3.05) is 23.7 Å². The fraction of sp³-hybridized carbons (Fsp3) is 0.385. The first-order chi connectivity index (χ1) is 8.12. The van der Waals surface area contributed by atoms with Crippen LogP contribution in [0.1, 0.15) is 19.4 Å². The summed E-state index contributed by atoms with van der Waals surface area (Å²) >= 11 is 0. The van der Waals surface area contributed by atoms with Gasteiger partial charge >= 0.3 is 0 Å². The molecule has 0 aromatic heterocycles. The maximum atomic E-state index is 8.87. The SMILES string of the molecule is CCN(CC(C)C#N)c1cc(C#N)ccc1N. The lowest BCUT2D eigenvalue weighted by molar-refractivity contribution is 0.687. The highest BCUT2D eigenvalue weighted by Gasteiger charge is 2.12. The second-order valence-corrected chi connectivity index (χ2v) is 3.95. The highest BCUT2D eigenvalue weighted by Crippen LogP contribution is 2.25. The predicted molar refractivity (Wildman–Crippen MR) is 68.2 cm³/mol. The average Bonchev–Trinajstić information content (AvgIpc) is 2.36. The van der Waals surface area contributed by atoms with E-state index in [0.29, 0.717) is 17.8 Å². The quantitative estimate of drug-likeness (QED) is 0.801. The van der Waals surface area contributed by atoms with Crippen molar-refractivity contribution in [3.63, 3.8) is 0 Å². The van der Waals surface area contributed by atoms with Crippen LogP contribution in [0.4, 0.5) is 11.4 Å². The number of rotatable bonds is 4. The Kier molecular flexibility index (Phi) is 4.37. The number of hydrogen-bond acceptors (Lipinski definition) is 4. The number of hydrogen-bond donors (Lipinski definition) is 1. The van der Waals surface area contributed by atoms with Gasteiger partial charge < -0.3 is 10.6 Å². The van der Waals surface area contributed by atoms with E-state index in [1.54, 1.807) is 18.2 Å². The summed E-state index contributed by atoms with van der Waals surface area (Å²) in [7, 11) is 0. The van der Waals surface area contributed by atoms with Crippen LogP contribution in [0.15, 0.2) is 18.2 Å². The molecule has 4 heteroatoms. The summed E-state index contributed by atoms with van der Waals surface area (Å²) in [4.78, 5) is 2.02. The summed E-state index contributed by atoms with van der Waals surface area (Å²) in [6, 6.07) is 9.49. The van der Waals surface area contributed by atoms with Crippen LogP contribution in [-0.4, -0.2) is 13.1 Å². The van der Waals surface area contributed by atoms with Crippen molar-refractivity contribution < 1.29 is 0 Å². The molecule has 0 aliphatic heterocycles. The number of nitrogens with zero attached hydrogens (tertiary/aromatic N) is 3. The van der Waals surface area contributed by atoms with Gasteiger partial charge in [-0.3, -0.25) is 0 Å². The molecular weight excluding hydrogens is 212 g/mol. The number of nitrogen functional groups attached to an aromatic ring is 1. The Morgan fingerprint density at radius 3 is 2.65 bits per heavy atom. The Morgan fingerprint density at radius 2 is 2.12 bits per heavy atom. The summed E-state index contributed by atoms with van der Waals surface area (Å²) in [6.45, 7) is 5.24. The number of benzene rings is 1. The van der Waals surface area contributed by atoms with Gasteiger partial charge in [0.2, 0.25) is 0 Å². The van der Waals surface area contributed by atoms with Gasteiger partial charge in [0.15, 0.2) is 0 Å². The van der Waals surface area contributed by atoms with Crippen molar-refractivity contribution in [2.24, 2.45) is 5.92 Å². The molecule has 0 saturated carbocycles. The number of nitriles is 2. The maximum Gasteiger partial charge on any atom is 0.0992 e. The Bertz CT molecular complexity index is 467. The third-order valence-electron chi connectivity index (χ3n) is 2.60. The first kappa shape index (κ1) is 12.9. The van der Waals surface area contributed by atoms with E-state index in [-0.39, 0.29) is 5.92 Å². The van der Waals surface area contributed by atoms with E-state index < -0.39 is 0 Å². The van der Waals surface area contributed by atoms with Gasteiger partial charge in [-0.2, -0.15) is 10.5 Å². The molecule has 0 saturated heterocycles. The molecule has 0 amide bonds. The highest BCUT2D eigenvalue weighted by molar-refractivity contribution is 5.69. The molecule has 1 unspecified atom stereocenters. The average molecular weight is 228 g/mol. The third-order valence-corrected chi connectivity index (χ3v) is 2.60. The zero-order valence-electron chi connectivity index (χ0n) is 10.1. The lowest BCUT2D eigenvalue weighted by atomic mass is 10.1. The van der Waals surface area contributed by atoms with Gasteiger partial charge in [-0.15, -0.1) is 0 Å². The molecule has 1 rings (SSSR count). The fourth-order valence-electron chi connectivity index (χ4n) is 1.66. The molecular formula is C13H16N4. The van der Waals surface area contributed by atoms with E-state index in [0.717, 1.165) is 12.2 Å². The molecule has 1 atom stereocenters. The van der Waals surface area contributed by atoms with Crippen LogP contribution in [0.5, 0.6) is 0 Å². The summed E-state index contributed by atoms with van der Waals surface area (Å²) in [5, 5.41) is 17.7. The second kappa shape index (κ2) is 5.77. The fourth-order valence-corrected chi connectivity index (χ4v) is 1.66. The molecule has 0 radical (unpaired) electrons. The van der Waals surface area contributed by atoms with Crippen LogP contribution < -0.4 is 10.6 Å². The minimum absolute atomic E-state index is 0.0694. The van der Waals surface area contributed by atoms with Gasteiger partial charge in [0.1, 0.15) is 0 Å². The van der Waals surface area contributed by atoms with E-state index in [1.807, 2.05) is 18.7 Å². The first-order valence-electron chi connectivity index (χ1n) is 5.56. The first-order valence-corrected chi connectivity index (χ1v) is 5.56. The Balaban J connectivity index is 3.04. The molecule has 1 aromatic carbocycles. The van der Waals surface area contributed by atoms with E-state index in [4.69, 9.17) is 16.3 Å². The molecule has 0 aliphatic carbocycles. The number of anilines is 2. The van der Waals surface area contributed by atoms with Crippen molar-refractivity contribution in [1.29, 1.82) is 10.5 Å². The van der Waals surface area contributed by atoms with Crippen molar-refractivity contribution in [3.05, 3.63) is 23.8 Å². The summed E-state index contributed by atoms with van der Waals surface area (Å²) in [6.07, 6.45) is 0. The zero-order valence-corrected chi connectivity index (χ0v) is 10.1. The van der Waals surface area contributed by atoms with E-state index >= 15 is 0 Å². The molecule has 0 aliphatic rings. The maximum absolute atomic E-state index is 8.87. The lowest BCUT2D eigenvalue weighted by Crippen LogP contribution is -2.28. The molecule has 0 fully saturated rings. The summed E-state index contributed by atoms with van der Waals surface area (Å²) < 4.78 is 0. The Labute approximate surface area is 102 Å². The molecule has 4 nitrogen and oxygen atoms in total. The highest BCUT2D eigenvalue weighted by atomic mass is 15.1.